The zero-order valence-corrected chi connectivity index (χ0v) is 19.3. The van der Waals surface area contributed by atoms with Gasteiger partial charge in [0.2, 0.25) is 5.95 Å². The Morgan fingerprint density at radius 1 is 1.19 bits per heavy atom. The second-order valence-electron chi connectivity index (χ2n) is 8.78. The number of hydrogen-bond donors (Lipinski definition) is 2. The van der Waals surface area contributed by atoms with E-state index in [0.717, 1.165) is 43.4 Å². The minimum absolute atomic E-state index is 0.000717. The molecule has 0 radical (unpaired) electrons. The third-order valence-corrected chi connectivity index (χ3v) is 8.45. The fraction of sp³-hybridized carbons (Fsp3) is 0.478. The van der Waals surface area contributed by atoms with Crippen molar-refractivity contribution in [1.82, 2.24) is 9.97 Å². The predicted molar refractivity (Wildman–Crippen MR) is 125 cm³/mol. The number of anilines is 2. The molecule has 1 unspecified atom stereocenters. The van der Waals surface area contributed by atoms with Gasteiger partial charge in [0.15, 0.2) is 0 Å². The van der Waals surface area contributed by atoms with Crippen LogP contribution in [-0.2, 0) is 17.2 Å². The Morgan fingerprint density at radius 3 is 2.62 bits per heavy atom. The van der Waals surface area contributed by atoms with Gasteiger partial charge in [-0.3, -0.25) is 4.21 Å². The Kier molecular flexibility index (Phi) is 5.94. The lowest BCUT2D eigenvalue weighted by molar-refractivity contribution is 0.143. The van der Waals surface area contributed by atoms with Crippen LogP contribution in [0, 0.1) is 0 Å². The van der Waals surface area contributed by atoms with Crippen LogP contribution >= 0.6 is 11.6 Å². The molecule has 3 aliphatic rings. The molecule has 2 aliphatic heterocycles. The zero-order chi connectivity index (χ0) is 22.3. The monoisotopic (exact) mass is 476 g/mol. The minimum Gasteiger partial charge on any atom is -0.394 e. The molecule has 1 aromatic heterocycles. The summed E-state index contributed by atoms with van der Waals surface area (Å²) in [7, 11) is -1.18. The van der Waals surface area contributed by atoms with Crippen LogP contribution < -0.4 is 10.2 Å². The second kappa shape index (κ2) is 8.72. The van der Waals surface area contributed by atoms with Gasteiger partial charge in [0.25, 0.3) is 0 Å². The number of nitrogens with zero attached hydrogens (tertiary/aromatic N) is 3. The molecule has 1 aromatic carbocycles. The Bertz CT molecular complexity index is 1080. The third kappa shape index (κ3) is 4.04. The molecule has 0 spiro atoms. The average molecular weight is 477 g/mol. The van der Waals surface area contributed by atoms with Gasteiger partial charge in [0, 0.05) is 17.3 Å². The van der Waals surface area contributed by atoms with Gasteiger partial charge in [-0.1, -0.05) is 23.7 Å². The number of aryl methyl sites for hydroxylation is 1. The van der Waals surface area contributed by atoms with E-state index in [2.05, 4.69) is 5.32 Å². The smallest absolute Gasteiger partial charge is 0.228 e. The molecule has 1 fully saturated rings. The number of aliphatic hydroxyl groups excluding tert-OH is 1. The second-order valence-corrected chi connectivity index (χ2v) is 10.7. The van der Waals surface area contributed by atoms with Gasteiger partial charge in [0.05, 0.1) is 35.2 Å². The summed E-state index contributed by atoms with van der Waals surface area (Å²) in [6.45, 7) is 0.668. The molecular formula is C23H26ClFN4O2S. The van der Waals surface area contributed by atoms with Crippen LogP contribution in [0.5, 0.6) is 0 Å². The van der Waals surface area contributed by atoms with Crippen molar-refractivity contribution in [1.29, 1.82) is 0 Å². The highest BCUT2D eigenvalue weighted by Crippen LogP contribution is 2.38. The largest absolute Gasteiger partial charge is 0.394 e. The maximum absolute atomic E-state index is 15.1. The van der Waals surface area contributed by atoms with Crippen LogP contribution in [0.4, 0.5) is 16.2 Å². The third-order valence-electron chi connectivity index (χ3n) is 6.66. The van der Waals surface area contributed by atoms with Crippen molar-refractivity contribution in [3.63, 3.8) is 0 Å². The van der Waals surface area contributed by atoms with Crippen LogP contribution in [0.3, 0.4) is 0 Å². The van der Waals surface area contributed by atoms with Gasteiger partial charge in [-0.2, -0.15) is 4.98 Å². The number of aliphatic hydroxyl groups is 1. The first kappa shape index (κ1) is 21.8. The normalized spacial score (nSPS) is 22.3. The topological polar surface area (TPSA) is 78.4 Å². The fourth-order valence-corrected chi connectivity index (χ4v) is 6.08. The van der Waals surface area contributed by atoms with E-state index in [0.29, 0.717) is 46.0 Å². The van der Waals surface area contributed by atoms with Crippen molar-refractivity contribution < 1.29 is 13.7 Å². The van der Waals surface area contributed by atoms with Crippen molar-refractivity contribution in [2.75, 3.05) is 35.7 Å². The van der Waals surface area contributed by atoms with Gasteiger partial charge < -0.3 is 15.3 Å². The quantitative estimate of drug-likeness (QED) is 0.676. The van der Waals surface area contributed by atoms with Crippen molar-refractivity contribution in [2.45, 2.75) is 49.0 Å². The molecule has 9 heteroatoms. The minimum atomic E-state index is -1.18. The molecule has 0 bridgehead atoms. The summed E-state index contributed by atoms with van der Waals surface area (Å²) in [4.78, 5) is 11.9. The molecule has 1 aliphatic carbocycles. The maximum Gasteiger partial charge on any atom is 0.228 e. The number of halogens is 2. The number of rotatable bonds is 5. The lowest BCUT2D eigenvalue weighted by Gasteiger charge is -2.42. The van der Waals surface area contributed by atoms with E-state index < -0.39 is 16.3 Å². The molecule has 1 atom stereocenters. The van der Waals surface area contributed by atoms with E-state index in [-0.39, 0.29) is 19.0 Å². The first-order valence-corrected chi connectivity index (χ1v) is 12.7. The van der Waals surface area contributed by atoms with Crippen LogP contribution in [0.1, 0.15) is 43.4 Å². The molecule has 170 valence electrons. The zero-order valence-electron chi connectivity index (χ0n) is 17.7. The molecule has 0 saturated heterocycles. The van der Waals surface area contributed by atoms with Crippen molar-refractivity contribution in [3.8, 4) is 0 Å². The standard InChI is InChI=1S/C23H26ClFN4O2S/c24-16-6-4-15(5-7-16)17-8-11-29(13-18(17)25)22-26-19-3-1-12-32(31)20(19)21(27-22)28-23(14-30)9-2-10-23/h4-7,30H,1-3,8-14H2,(H,26,27,28). The SMILES string of the molecule is O=S1CCCc2nc(N3CCC(c4ccc(Cl)cc4)=C(F)C3)nc(NC3(CO)CCC3)c21. The van der Waals surface area contributed by atoms with E-state index in [1.165, 1.54) is 0 Å². The van der Waals surface area contributed by atoms with Crippen LogP contribution in [-0.4, -0.2) is 50.3 Å². The summed E-state index contributed by atoms with van der Waals surface area (Å²) in [6, 6.07) is 7.22. The number of fused-ring (bicyclic) bond motifs is 1. The summed E-state index contributed by atoms with van der Waals surface area (Å²) >= 11 is 5.97. The number of aromatic nitrogens is 2. The molecule has 3 heterocycles. The Morgan fingerprint density at radius 2 is 1.97 bits per heavy atom. The Hall–Kier alpha value is -2.03. The summed E-state index contributed by atoms with van der Waals surface area (Å²) in [5, 5.41) is 13.9. The molecule has 5 rings (SSSR count). The lowest BCUT2D eigenvalue weighted by Crippen LogP contribution is -2.49. The van der Waals surface area contributed by atoms with Crippen molar-refractivity contribution in [3.05, 3.63) is 46.4 Å². The molecular weight excluding hydrogens is 451 g/mol. The summed E-state index contributed by atoms with van der Waals surface area (Å²) in [5.74, 6) is 1.36. The van der Waals surface area contributed by atoms with Crippen LogP contribution in [0.2, 0.25) is 5.02 Å². The molecule has 32 heavy (non-hydrogen) atoms. The molecule has 2 aromatic rings. The number of hydrogen-bond acceptors (Lipinski definition) is 6. The predicted octanol–water partition coefficient (Wildman–Crippen LogP) is 4.10. The summed E-state index contributed by atoms with van der Waals surface area (Å²) in [6.07, 6.45) is 4.77. The van der Waals surface area contributed by atoms with Crippen LogP contribution in [0.25, 0.3) is 5.57 Å². The summed E-state index contributed by atoms with van der Waals surface area (Å²) in [5.41, 5.74) is 1.87. The van der Waals surface area contributed by atoms with Gasteiger partial charge in [0.1, 0.15) is 16.5 Å². The number of nitrogens with one attached hydrogen (secondary N) is 1. The highest BCUT2D eigenvalue weighted by molar-refractivity contribution is 7.85. The van der Waals surface area contributed by atoms with E-state index in [4.69, 9.17) is 21.6 Å². The first-order valence-electron chi connectivity index (χ1n) is 11.0. The molecule has 2 N–H and O–H groups in total. The van der Waals surface area contributed by atoms with Crippen molar-refractivity contribution >= 4 is 39.7 Å². The lowest BCUT2D eigenvalue weighted by atomic mass is 9.77. The molecule has 6 nitrogen and oxygen atoms in total. The van der Waals surface area contributed by atoms with Gasteiger partial charge in [-0.25, -0.2) is 9.37 Å². The average Bonchev–Trinajstić information content (AvgIpc) is 2.77. The van der Waals surface area contributed by atoms with E-state index in [9.17, 15) is 9.32 Å². The van der Waals surface area contributed by atoms with Crippen molar-refractivity contribution in [2.24, 2.45) is 0 Å². The molecule has 1 saturated carbocycles. The van der Waals surface area contributed by atoms with Gasteiger partial charge in [-0.15, -0.1) is 0 Å². The van der Waals surface area contributed by atoms with Gasteiger partial charge >= 0.3 is 0 Å². The van der Waals surface area contributed by atoms with Crippen LogP contribution in [0.15, 0.2) is 35.0 Å². The summed E-state index contributed by atoms with van der Waals surface area (Å²) < 4.78 is 27.9. The number of benzene rings is 1. The van der Waals surface area contributed by atoms with Gasteiger partial charge in [-0.05, 0) is 61.8 Å². The fourth-order valence-electron chi connectivity index (χ4n) is 4.62. The highest BCUT2D eigenvalue weighted by Gasteiger charge is 2.38. The first-order chi connectivity index (χ1) is 15.5. The highest BCUT2D eigenvalue weighted by atomic mass is 35.5. The Labute approximate surface area is 194 Å². The Balaban J connectivity index is 1.47. The van der Waals surface area contributed by atoms with E-state index >= 15 is 4.39 Å². The van der Waals surface area contributed by atoms with E-state index in [1.807, 2.05) is 17.0 Å². The maximum atomic E-state index is 15.1. The molecule has 0 amide bonds. The van der Waals surface area contributed by atoms with E-state index in [1.54, 1.807) is 12.1 Å².